The van der Waals surface area contributed by atoms with E-state index in [-0.39, 0.29) is 37.7 Å². The number of carbonyl (C=O) groups is 2. The second-order valence-electron chi connectivity index (χ2n) is 8.16. The van der Waals surface area contributed by atoms with Gasteiger partial charge in [-0.25, -0.2) is 0 Å². The zero-order chi connectivity index (χ0) is 21.7. The fourth-order valence-electron chi connectivity index (χ4n) is 3.10. The highest BCUT2D eigenvalue weighted by Gasteiger charge is 2.18. The lowest BCUT2D eigenvalue weighted by atomic mass is 9.87. The molecule has 1 amide bonds. The van der Waals surface area contributed by atoms with Gasteiger partial charge in [0.15, 0.2) is 6.79 Å². The zero-order valence-corrected chi connectivity index (χ0v) is 18.2. The van der Waals surface area contributed by atoms with Crippen LogP contribution in [-0.2, 0) is 32.9 Å². The fourth-order valence-corrected chi connectivity index (χ4v) is 3.36. The first-order chi connectivity index (χ1) is 14.2. The summed E-state index contributed by atoms with van der Waals surface area (Å²) in [5.74, 6) is 0.00481. The first-order valence-corrected chi connectivity index (χ1v) is 10.2. The predicted octanol–water partition coefficient (Wildman–Crippen LogP) is 4.37. The minimum absolute atomic E-state index is 0.0268. The highest BCUT2D eigenvalue weighted by atomic mass is 35.5. The van der Waals surface area contributed by atoms with E-state index in [2.05, 4.69) is 26.1 Å². The molecule has 0 radical (unpaired) electrons. The molecular weight excluding hydrogens is 406 g/mol. The van der Waals surface area contributed by atoms with Crippen LogP contribution in [0.1, 0.15) is 54.2 Å². The van der Waals surface area contributed by atoms with Crippen molar-refractivity contribution < 1.29 is 23.8 Å². The molecule has 0 bridgehead atoms. The molecule has 0 aromatic heterocycles. The van der Waals surface area contributed by atoms with Crippen molar-refractivity contribution in [1.29, 1.82) is 0 Å². The Labute approximate surface area is 181 Å². The van der Waals surface area contributed by atoms with Gasteiger partial charge in [0, 0.05) is 28.3 Å². The van der Waals surface area contributed by atoms with Crippen molar-refractivity contribution in [2.75, 3.05) is 13.3 Å². The van der Waals surface area contributed by atoms with Gasteiger partial charge in [0.2, 0.25) is 0 Å². The van der Waals surface area contributed by atoms with E-state index in [1.807, 2.05) is 12.1 Å². The average Bonchev–Trinajstić information content (AvgIpc) is 2.71. The Morgan fingerprint density at radius 3 is 2.60 bits per heavy atom. The van der Waals surface area contributed by atoms with Crippen molar-refractivity contribution in [1.82, 2.24) is 5.32 Å². The van der Waals surface area contributed by atoms with Crippen LogP contribution in [-0.4, -0.2) is 25.2 Å². The van der Waals surface area contributed by atoms with E-state index in [4.69, 9.17) is 25.8 Å². The molecule has 160 valence electrons. The van der Waals surface area contributed by atoms with Crippen LogP contribution in [0, 0.1) is 0 Å². The quantitative estimate of drug-likeness (QED) is 0.687. The number of benzene rings is 2. The maximum atomic E-state index is 12.3. The molecule has 0 unspecified atom stereocenters. The Kier molecular flexibility index (Phi) is 7.00. The van der Waals surface area contributed by atoms with Crippen molar-refractivity contribution in [3.8, 4) is 5.75 Å². The van der Waals surface area contributed by atoms with E-state index in [1.54, 1.807) is 24.3 Å². The van der Waals surface area contributed by atoms with Gasteiger partial charge in [-0.05, 0) is 35.2 Å². The molecule has 2 aromatic carbocycles. The van der Waals surface area contributed by atoms with Crippen molar-refractivity contribution in [2.45, 2.75) is 45.8 Å². The predicted molar refractivity (Wildman–Crippen MR) is 114 cm³/mol. The average molecular weight is 432 g/mol. The van der Waals surface area contributed by atoms with Gasteiger partial charge in [0.25, 0.3) is 5.91 Å². The Morgan fingerprint density at radius 1 is 1.17 bits per heavy atom. The third-order valence-corrected chi connectivity index (χ3v) is 4.99. The second-order valence-corrected chi connectivity index (χ2v) is 8.59. The van der Waals surface area contributed by atoms with E-state index in [0.717, 1.165) is 11.1 Å². The lowest BCUT2D eigenvalue weighted by Crippen LogP contribution is -2.26. The largest absolute Gasteiger partial charge is 0.467 e. The van der Waals surface area contributed by atoms with Gasteiger partial charge < -0.3 is 19.5 Å². The molecule has 3 rings (SSSR count). The fraction of sp³-hybridized carbons (Fsp3) is 0.391. The van der Waals surface area contributed by atoms with Crippen molar-refractivity contribution in [3.05, 3.63) is 63.7 Å². The van der Waals surface area contributed by atoms with Gasteiger partial charge in [0.05, 0.1) is 13.0 Å². The van der Waals surface area contributed by atoms with Gasteiger partial charge in [-0.1, -0.05) is 44.5 Å². The van der Waals surface area contributed by atoms with Crippen LogP contribution < -0.4 is 10.1 Å². The normalized spacial score (nSPS) is 13.2. The number of carbonyl (C=O) groups excluding carboxylic acids is 2. The summed E-state index contributed by atoms with van der Waals surface area (Å²) >= 11 is 6.11. The molecule has 0 saturated heterocycles. The Hall–Kier alpha value is -2.57. The van der Waals surface area contributed by atoms with E-state index in [0.29, 0.717) is 28.5 Å². The van der Waals surface area contributed by atoms with Crippen LogP contribution in [0.4, 0.5) is 0 Å². The highest BCUT2D eigenvalue weighted by molar-refractivity contribution is 6.30. The van der Waals surface area contributed by atoms with Crippen LogP contribution in [0.15, 0.2) is 36.4 Å². The van der Waals surface area contributed by atoms with Crippen molar-refractivity contribution in [3.63, 3.8) is 0 Å². The van der Waals surface area contributed by atoms with E-state index in [1.165, 1.54) is 0 Å². The summed E-state index contributed by atoms with van der Waals surface area (Å²) in [4.78, 5) is 24.3. The molecule has 0 aliphatic carbocycles. The third-order valence-electron chi connectivity index (χ3n) is 4.77. The molecule has 0 spiro atoms. The van der Waals surface area contributed by atoms with E-state index in [9.17, 15) is 9.59 Å². The molecule has 30 heavy (non-hydrogen) atoms. The van der Waals surface area contributed by atoms with Gasteiger partial charge in [-0.2, -0.15) is 0 Å². The monoisotopic (exact) mass is 431 g/mol. The SMILES string of the molecule is CC(C)(C)c1ccc(C(=O)NCCC(=O)OCc2cc(Cl)cc3c2OCOC3)cc1. The topological polar surface area (TPSA) is 73.9 Å². The molecule has 6 nitrogen and oxygen atoms in total. The Balaban J connectivity index is 1.46. The zero-order valence-electron chi connectivity index (χ0n) is 17.4. The van der Waals surface area contributed by atoms with Crippen LogP contribution in [0.3, 0.4) is 0 Å². The molecule has 1 aliphatic heterocycles. The van der Waals surface area contributed by atoms with Gasteiger partial charge in [0.1, 0.15) is 12.4 Å². The van der Waals surface area contributed by atoms with Crippen LogP contribution >= 0.6 is 11.6 Å². The summed E-state index contributed by atoms with van der Waals surface area (Å²) in [6.07, 6.45) is 0.0680. The summed E-state index contributed by atoms with van der Waals surface area (Å²) in [5.41, 5.74) is 3.25. The molecule has 2 aromatic rings. The molecule has 0 saturated carbocycles. The first kappa shape index (κ1) is 22.1. The van der Waals surface area contributed by atoms with Crippen LogP contribution in [0.25, 0.3) is 0 Å². The number of halogens is 1. The number of nitrogens with one attached hydrogen (secondary N) is 1. The number of esters is 1. The molecule has 0 fully saturated rings. The van der Waals surface area contributed by atoms with Gasteiger partial charge in [-0.15, -0.1) is 0 Å². The summed E-state index contributed by atoms with van der Waals surface area (Å²) < 4.78 is 16.1. The molecule has 1 heterocycles. The maximum Gasteiger partial charge on any atom is 0.307 e. The third kappa shape index (κ3) is 5.74. The summed E-state index contributed by atoms with van der Waals surface area (Å²) in [6.45, 7) is 7.14. The number of hydrogen-bond acceptors (Lipinski definition) is 5. The molecule has 7 heteroatoms. The number of ether oxygens (including phenoxy) is 3. The lowest BCUT2D eigenvalue weighted by Gasteiger charge is -2.21. The molecular formula is C23H26ClNO5. The molecule has 1 aliphatic rings. The maximum absolute atomic E-state index is 12.3. The summed E-state index contributed by atoms with van der Waals surface area (Å²) in [6, 6.07) is 11.0. The molecule has 0 atom stereocenters. The second kappa shape index (κ2) is 9.49. The lowest BCUT2D eigenvalue weighted by molar-refractivity contribution is -0.144. The number of amides is 1. The number of fused-ring (bicyclic) bond motifs is 1. The van der Waals surface area contributed by atoms with E-state index < -0.39 is 5.97 Å². The van der Waals surface area contributed by atoms with Gasteiger partial charge >= 0.3 is 5.97 Å². The minimum atomic E-state index is -0.417. The first-order valence-electron chi connectivity index (χ1n) is 9.80. The Bertz CT molecular complexity index is 918. The Morgan fingerprint density at radius 2 is 1.90 bits per heavy atom. The highest BCUT2D eigenvalue weighted by Crippen LogP contribution is 2.32. The summed E-state index contributed by atoms with van der Waals surface area (Å²) in [7, 11) is 0. The smallest absolute Gasteiger partial charge is 0.307 e. The van der Waals surface area contributed by atoms with Gasteiger partial charge in [-0.3, -0.25) is 9.59 Å². The standard InChI is InChI=1S/C23H26ClNO5/c1-23(2,3)18-6-4-15(5-7-18)22(27)25-9-8-20(26)29-13-17-11-19(24)10-16-12-28-14-30-21(16)17/h4-7,10-11H,8-9,12-14H2,1-3H3,(H,25,27). The van der Waals surface area contributed by atoms with Crippen LogP contribution in [0.2, 0.25) is 5.02 Å². The van der Waals surface area contributed by atoms with Crippen molar-refractivity contribution >= 4 is 23.5 Å². The number of rotatable bonds is 6. The summed E-state index contributed by atoms with van der Waals surface area (Å²) in [5, 5.41) is 3.27. The van der Waals surface area contributed by atoms with Crippen LogP contribution in [0.5, 0.6) is 5.75 Å². The molecule has 1 N–H and O–H groups in total. The number of hydrogen-bond donors (Lipinski definition) is 1. The van der Waals surface area contributed by atoms with Crippen molar-refractivity contribution in [2.24, 2.45) is 0 Å². The minimum Gasteiger partial charge on any atom is -0.467 e. The van der Waals surface area contributed by atoms with E-state index >= 15 is 0 Å².